The second-order valence-electron chi connectivity index (χ2n) is 7.90. The molecule has 2 amide bonds. The molecule has 2 aromatic rings. The number of amides is 2. The van der Waals surface area contributed by atoms with Gasteiger partial charge in [0.05, 0.1) is 18.2 Å². The third-order valence-electron chi connectivity index (χ3n) is 5.95. The molecule has 0 aromatic heterocycles. The molecule has 1 atom stereocenters. The molecule has 31 heavy (non-hydrogen) atoms. The first-order valence-electron chi connectivity index (χ1n) is 10.1. The summed E-state index contributed by atoms with van der Waals surface area (Å²) in [6.45, 7) is 4.55. The fraction of sp³-hybridized carbons (Fsp3) is 0.364. The van der Waals surface area contributed by atoms with Crippen LogP contribution in [0.25, 0.3) is 0 Å². The van der Waals surface area contributed by atoms with Gasteiger partial charge in [-0.25, -0.2) is 17.7 Å². The number of imide groups is 1. The number of benzene rings is 2. The Morgan fingerprint density at radius 2 is 1.52 bits per heavy atom. The van der Waals surface area contributed by atoms with Crippen LogP contribution in [-0.2, 0) is 19.6 Å². The quantitative estimate of drug-likeness (QED) is 0.674. The van der Waals surface area contributed by atoms with Gasteiger partial charge in [0.25, 0.3) is 5.91 Å². The van der Waals surface area contributed by atoms with Crippen molar-refractivity contribution >= 4 is 27.5 Å². The average molecular weight is 446 g/mol. The molecule has 2 saturated heterocycles. The summed E-state index contributed by atoms with van der Waals surface area (Å²) >= 11 is 0. The van der Waals surface area contributed by atoms with E-state index in [0.29, 0.717) is 5.69 Å². The number of carbonyl (C=O) groups excluding carboxylic acids is 2. The molecule has 7 nitrogen and oxygen atoms in total. The lowest BCUT2D eigenvalue weighted by molar-refractivity contribution is -0.123. The molecule has 2 heterocycles. The van der Waals surface area contributed by atoms with Crippen molar-refractivity contribution in [3.63, 3.8) is 0 Å². The van der Waals surface area contributed by atoms with Crippen LogP contribution in [0.4, 0.5) is 10.1 Å². The average Bonchev–Trinajstić information content (AvgIpc) is 3.03. The molecule has 0 aliphatic carbocycles. The molecule has 2 fully saturated rings. The van der Waals surface area contributed by atoms with Crippen LogP contribution in [0.1, 0.15) is 17.5 Å². The summed E-state index contributed by atoms with van der Waals surface area (Å²) in [4.78, 5) is 28.6. The molecule has 0 spiro atoms. The molecular weight excluding hydrogens is 421 g/mol. The molecule has 0 N–H and O–H groups in total. The predicted octanol–water partition coefficient (Wildman–Crippen LogP) is 2.08. The smallest absolute Gasteiger partial charge is 0.251 e. The molecule has 164 valence electrons. The van der Waals surface area contributed by atoms with Crippen molar-refractivity contribution in [2.75, 3.05) is 31.1 Å². The van der Waals surface area contributed by atoms with Gasteiger partial charge < -0.3 is 0 Å². The van der Waals surface area contributed by atoms with Crippen molar-refractivity contribution < 1.29 is 22.4 Å². The highest BCUT2D eigenvalue weighted by atomic mass is 32.2. The maximum Gasteiger partial charge on any atom is 0.251 e. The number of sulfonamides is 1. The van der Waals surface area contributed by atoms with Crippen LogP contribution < -0.4 is 4.90 Å². The molecule has 0 saturated carbocycles. The Morgan fingerprint density at radius 3 is 2.13 bits per heavy atom. The number of anilines is 1. The fourth-order valence-corrected chi connectivity index (χ4v) is 5.83. The Morgan fingerprint density at radius 1 is 0.903 bits per heavy atom. The summed E-state index contributed by atoms with van der Waals surface area (Å²) in [6.07, 6.45) is 0.0622. The molecule has 2 aromatic carbocycles. The highest BCUT2D eigenvalue weighted by Crippen LogP contribution is 2.32. The molecule has 0 radical (unpaired) electrons. The highest BCUT2D eigenvalue weighted by molar-refractivity contribution is 7.89. The van der Waals surface area contributed by atoms with E-state index in [0.717, 1.165) is 17.2 Å². The highest BCUT2D eigenvalue weighted by Gasteiger charge is 2.45. The maximum absolute atomic E-state index is 14.0. The van der Waals surface area contributed by atoms with Crippen molar-refractivity contribution in [1.82, 2.24) is 9.21 Å². The summed E-state index contributed by atoms with van der Waals surface area (Å²) in [5.41, 5.74) is 2.33. The largest absolute Gasteiger partial charge is 0.289 e. The number of para-hydroxylation sites is 1. The number of nitrogens with zero attached hydrogens (tertiary/aromatic N) is 3. The van der Waals surface area contributed by atoms with Crippen LogP contribution in [-0.4, -0.2) is 61.7 Å². The van der Waals surface area contributed by atoms with Gasteiger partial charge in [0.15, 0.2) is 0 Å². The van der Waals surface area contributed by atoms with Gasteiger partial charge in [0.2, 0.25) is 15.9 Å². The first-order chi connectivity index (χ1) is 14.7. The number of piperazine rings is 1. The number of hydrogen-bond acceptors (Lipinski definition) is 5. The Bertz CT molecular complexity index is 1120. The van der Waals surface area contributed by atoms with Gasteiger partial charge >= 0.3 is 0 Å². The summed E-state index contributed by atoms with van der Waals surface area (Å²) < 4.78 is 40.9. The minimum Gasteiger partial charge on any atom is -0.289 e. The Hall–Kier alpha value is -2.62. The minimum absolute atomic E-state index is 0.0622. The van der Waals surface area contributed by atoms with E-state index in [1.54, 1.807) is 0 Å². The summed E-state index contributed by atoms with van der Waals surface area (Å²) in [7, 11) is -3.96. The van der Waals surface area contributed by atoms with Crippen LogP contribution in [0.3, 0.4) is 0 Å². The zero-order valence-electron chi connectivity index (χ0n) is 17.4. The van der Waals surface area contributed by atoms with Gasteiger partial charge in [-0.05, 0) is 37.1 Å². The van der Waals surface area contributed by atoms with Gasteiger partial charge in [0, 0.05) is 26.2 Å². The molecule has 0 bridgehead atoms. The van der Waals surface area contributed by atoms with Gasteiger partial charge in [0.1, 0.15) is 10.7 Å². The van der Waals surface area contributed by atoms with Crippen LogP contribution in [0, 0.1) is 19.7 Å². The van der Waals surface area contributed by atoms with E-state index in [2.05, 4.69) is 0 Å². The zero-order chi connectivity index (χ0) is 22.3. The molecule has 2 aliphatic heterocycles. The lowest BCUT2D eigenvalue weighted by Gasteiger charge is -2.36. The monoisotopic (exact) mass is 445 g/mol. The van der Waals surface area contributed by atoms with Gasteiger partial charge in [-0.15, -0.1) is 0 Å². The first-order valence-corrected chi connectivity index (χ1v) is 11.6. The van der Waals surface area contributed by atoms with Gasteiger partial charge in [-0.3, -0.25) is 14.5 Å². The van der Waals surface area contributed by atoms with Gasteiger partial charge in [-0.2, -0.15) is 4.31 Å². The fourth-order valence-electron chi connectivity index (χ4n) is 4.34. The van der Waals surface area contributed by atoms with E-state index in [1.807, 2.05) is 36.9 Å². The van der Waals surface area contributed by atoms with Crippen molar-refractivity contribution in [2.45, 2.75) is 31.2 Å². The third kappa shape index (κ3) is 3.77. The molecule has 9 heteroatoms. The van der Waals surface area contributed by atoms with Crippen molar-refractivity contribution in [3.05, 3.63) is 59.4 Å². The van der Waals surface area contributed by atoms with Gasteiger partial charge in [-0.1, -0.05) is 30.3 Å². The van der Waals surface area contributed by atoms with Crippen LogP contribution in [0.15, 0.2) is 47.4 Å². The lowest BCUT2D eigenvalue weighted by atomic mass is 10.1. The van der Waals surface area contributed by atoms with E-state index < -0.39 is 21.9 Å². The lowest BCUT2D eigenvalue weighted by Crippen LogP contribution is -2.53. The predicted molar refractivity (Wildman–Crippen MR) is 114 cm³/mol. The Balaban J connectivity index is 1.49. The number of aryl methyl sites for hydroxylation is 2. The summed E-state index contributed by atoms with van der Waals surface area (Å²) in [5.74, 6) is -1.33. The van der Waals surface area contributed by atoms with Crippen molar-refractivity contribution in [3.8, 4) is 0 Å². The molecule has 4 rings (SSSR count). The molecule has 2 aliphatic rings. The van der Waals surface area contributed by atoms with E-state index in [9.17, 15) is 22.4 Å². The first kappa shape index (κ1) is 21.6. The van der Waals surface area contributed by atoms with E-state index in [4.69, 9.17) is 0 Å². The Kier molecular flexibility index (Phi) is 5.67. The van der Waals surface area contributed by atoms with Crippen LogP contribution in [0.5, 0.6) is 0 Å². The van der Waals surface area contributed by atoms with Crippen molar-refractivity contribution in [2.24, 2.45) is 0 Å². The normalized spacial score (nSPS) is 21.1. The van der Waals surface area contributed by atoms with E-state index >= 15 is 0 Å². The molecule has 1 unspecified atom stereocenters. The maximum atomic E-state index is 14.0. The molecular formula is C22H24FN3O4S. The SMILES string of the molecule is Cc1cccc(C)c1N1C(=O)CC(N2CCN(S(=O)(=O)c3ccccc3F)CC2)C1=O. The zero-order valence-corrected chi connectivity index (χ0v) is 18.2. The number of hydrogen-bond donors (Lipinski definition) is 0. The third-order valence-corrected chi connectivity index (χ3v) is 7.89. The second-order valence-corrected chi connectivity index (χ2v) is 9.80. The second kappa shape index (κ2) is 8.14. The summed E-state index contributed by atoms with van der Waals surface area (Å²) in [6, 6.07) is 10.3. The topological polar surface area (TPSA) is 78.0 Å². The summed E-state index contributed by atoms with van der Waals surface area (Å²) in [5, 5.41) is 0. The van der Waals surface area contributed by atoms with Crippen LogP contribution >= 0.6 is 0 Å². The van der Waals surface area contributed by atoms with E-state index in [1.165, 1.54) is 27.4 Å². The number of rotatable bonds is 4. The van der Waals surface area contributed by atoms with Crippen LogP contribution in [0.2, 0.25) is 0 Å². The standard InChI is InChI=1S/C22H24FN3O4S/c1-15-6-5-7-16(2)21(15)26-20(27)14-18(22(26)28)24-10-12-25(13-11-24)31(29,30)19-9-4-3-8-17(19)23/h3-9,18H,10-14H2,1-2H3. The van der Waals surface area contributed by atoms with Crippen molar-refractivity contribution in [1.29, 1.82) is 0 Å². The number of carbonyl (C=O) groups is 2. The Labute approximate surface area is 181 Å². The van der Waals surface area contributed by atoms with E-state index in [-0.39, 0.29) is 49.3 Å². The minimum atomic E-state index is -3.96. The number of halogens is 1.